The van der Waals surface area contributed by atoms with E-state index in [1.54, 1.807) is 0 Å². The number of carbonyl (C=O) groups is 2. The predicted octanol–water partition coefficient (Wildman–Crippen LogP) is 1.49. The first-order valence-corrected chi connectivity index (χ1v) is 5.18. The molecule has 1 aromatic rings. The zero-order valence-corrected chi connectivity index (χ0v) is 9.55. The van der Waals surface area contributed by atoms with Gasteiger partial charge in [0.2, 0.25) is 0 Å². The molecule has 1 saturated heterocycles. The molecule has 4 nitrogen and oxygen atoms in total. The van der Waals surface area contributed by atoms with Gasteiger partial charge in [0.25, 0.3) is 5.91 Å². The number of urea groups is 1. The summed E-state index contributed by atoms with van der Waals surface area (Å²) in [6.45, 7) is 5.96. The summed E-state index contributed by atoms with van der Waals surface area (Å²) in [5.41, 5.74) is 4.19. The van der Waals surface area contributed by atoms with Gasteiger partial charge in [-0.25, -0.2) is 4.79 Å². The highest BCUT2D eigenvalue weighted by Crippen LogP contribution is 2.23. The summed E-state index contributed by atoms with van der Waals surface area (Å²) >= 11 is 0. The maximum atomic E-state index is 11.5. The van der Waals surface area contributed by atoms with Gasteiger partial charge in [0.1, 0.15) is 6.04 Å². The maximum absolute atomic E-state index is 11.5. The van der Waals surface area contributed by atoms with Crippen LogP contribution in [0, 0.1) is 20.8 Å². The van der Waals surface area contributed by atoms with Gasteiger partial charge in [-0.3, -0.25) is 10.1 Å². The summed E-state index contributed by atoms with van der Waals surface area (Å²) in [6.07, 6.45) is 0. The predicted molar refractivity (Wildman–Crippen MR) is 60.1 cm³/mol. The van der Waals surface area contributed by atoms with E-state index in [0.29, 0.717) is 0 Å². The van der Waals surface area contributed by atoms with Crippen LogP contribution in [-0.2, 0) is 4.79 Å². The topological polar surface area (TPSA) is 58.2 Å². The van der Waals surface area contributed by atoms with Gasteiger partial charge in [-0.1, -0.05) is 12.1 Å². The van der Waals surface area contributed by atoms with E-state index in [4.69, 9.17) is 0 Å². The zero-order valence-electron chi connectivity index (χ0n) is 9.55. The smallest absolute Gasteiger partial charge is 0.322 e. The van der Waals surface area contributed by atoms with Crippen LogP contribution in [0.4, 0.5) is 4.79 Å². The number of hydrogen-bond acceptors (Lipinski definition) is 2. The lowest BCUT2D eigenvalue weighted by molar-refractivity contribution is -0.120. The second kappa shape index (κ2) is 3.63. The molecule has 2 rings (SSSR count). The van der Waals surface area contributed by atoms with Gasteiger partial charge in [0.05, 0.1) is 0 Å². The minimum absolute atomic E-state index is 0.281. The summed E-state index contributed by atoms with van der Waals surface area (Å²) < 4.78 is 0. The second-order valence-corrected chi connectivity index (χ2v) is 4.19. The molecule has 1 heterocycles. The third-order valence-electron chi connectivity index (χ3n) is 2.97. The van der Waals surface area contributed by atoms with Crippen molar-refractivity contribution in [1.29, 1.82) is 0 Å². The minimum atomic E-state index is -0.549. The maximum Gasteiger partial charge on any atom is 0.322 e. The molecule has 0 bridgehead atoms. The fourth-order valence-electron chi connectivity index (χ4n) is 1.93. The molecule has 1 aliphatic rings. The van der Waals surface area contributed by atoms with Crippen LogP contribution < -0.4 is 10.6 Å². The standard InChI is InChI=1S/C12H14N2O2/c1-6-4-8(3)9(5-7(6)2)10-11(15)14-12(16)13-10/h4-5,10H,1-3H3,(H2,13,14,15,16). The zero-order chi connectivity index (χ0) is 11.9. The van der Waals surface area contributed by atoms with Gasteiger partial charge in [-0.05, 0) is 43.0 Å². The molecule has 1 atom stereocenters. The van der Waals surface area contributed by atoms with E-state index in [1.165, 1.54) is 5.56 Å². The van der Waals surface area contributed by atoms with Crippen molar-refractivity contribution in [3.63, 3.8) is 0 Å². The van der Waals surface area contributed by atoms with Crippen LogP contribution in [0.2, 0.25) is 0 Å². The quantitative estimate of drug-likeness (QED) is 0.702. The molecule has 1 aromatic carbocycles. The molecule has 0 saturated carbocycles. The molecule has 1 aliphatic heterocycles. The average Bonchev–Trinajstić information content (AvgIpc) is 2.51. The summed E-state index contributed by atoms with van der Waals surface area (Å²) in [4.78, 5) is 22.6. The van der Waals surface area contributed by atoms with Crippen LogP contribution in [-0.4, -0.2) is 11.9 Å². The molecule has 3 amide bonds. The number of hydrogen-bond donors (Lipinski definition) is 2. The highest BCUT2D eigenvalue weighted by molar-refractivity contribution is 6.04. The minimum Gasteiger partial charge on any atom is -0.322 e. The summed E-state index contributed by atoms with van der Waals surface area (Å²) in [5, 5.41) is 4.85. The number of benzene rings is 1. The molecule has 0 aliphatic carbocycles. The van der Waals surface area contributed by atoms with Crippen LogP contribution in [0.1, 0.15) is 28.3 Å². The second-order valence-electron chi connectivity index (χ2n) is 4.19. The van der Waals surface area contributed by atoms with Gasteiger partial charge in [0.15, 0.2) is 0 Å². The van der Waals surface area contributed by atoms with E-state index in [1.807, 2.05) is 32.9 Å². The molecule has 0 aromatic heterocycles. The van der Waals surface area contributed by atoms with E-state index >= 15 is 0 Å². The van der Waals surface area contributed by atoms with E-state index in [0.717, 1.165) is 16.7 Å². The van der Waals surface area contributed by atoms with Crippen molar-refractivity contribution in [2.24, 2.45) is 0 Å². The Labute approximate surface area is 94.0 Å². The van der Waals surface area contributed by atoms with Crippen LogP contribution in [0.25, 0.3) is 0 Å². The molecule has 4 heteroatoms. The highest BCUT2D eigenvalue weighted by atomic mass is 16.2. The number of aryl methyl sites for hydroxylation is 3. The first kappa shape index (κ1) is 10.7. The Hall–Kier alpha value is -1.84. The number of nitrogens with one attached hydrogen (secondary N) is 2. The Morgan fingerprint density at radius 2 is 1.62 bits per heavy atom. The normalized spacial score (nSPS) is 19.6. The first-order valence-electron chi connectivity index (χ1n) is 5.18. The lowest BCUT2D eigenvalue weighted by Gasteiger charge is -2.13. The lowest BCUT2D eigenvalue weighted by Crippen LogP contribution is -2.22. The highest BCUT2D eigenvalue weighted by Gasteiger charge is 2.31. The largest absolute Gasteiger partial charge is 0.322 e. The van der Waals surface area contributed by atoms with Crippen molar-refractivity contribution < 1.29 is 9.59 Å². The van der Waals surface area contributed by atoms with Crippen molar-refractivity contribution in [3.8, 4) is 0 Å². The molecule has 1 unspecified atom stereocenters. The molecule has 84 valence electrons. The van der Waals surface area contributed by atoms with Crippen molar-refractivity contribution in [2.45, 2.75) is 26.8 Å². The van der Waals surface area contributed by atoms with Crippen LogP contribution in [0.3, 0.4) is 0 Å². The SMILES string of the molecule is Cc1cc(C)c(C2NC(=O)NC2=O)cc1C. The van der Waals surface area contributed by atoms with E-state index in [2.05, 4.69) is 10.6 Å². The lowest BCUT2D eigenvalue weighted by atomic mass is 9.96. The Morgan fingerprint density at radius 1 is 1.00 bits per heavy atom. The molecule has 0 radical (unpaired) electrons. The first-order chi connectivity index (χ1) is 7.49. The molecule has 2 N–H and O–H groups in total. The molecular formula is C12H14N2O2. The van der Waals surface area contributed by atoms with Crippen LogP contribution >= 0.6 is 0 Å². The number of rotatable bonds is 1. The fourth-order valence-corrected chi connectivity index (χ4v) is 1.93. The monoisotopic (exact) mass is 218 g/mol. The number of carbonyl (C=O) groups excluding carboxylic acids is 2. The molecule has 1 fully saturated rings. The Balaban J connectivity index is 2.45. The van der Waals surface area contributed by atoms with Gasteiger partial charge in [-0.2, -0.15) is 0 Å². The number of imide groups is 1. The van der Waals surface area contributed by atoms with Gasteiger partial charge < -0.3 is 5.32 Å². The van der Waals surface area contributed by atoms with Crippen LogP contribution in [0.15, 0.2) is 12.1 Å². The van der Waals surface area contributed by atoms with Crippen molar-refractivity contribution >= 4 is 11.9 Å². The Bertz CT molecular complexity index is 480. The Morgan fingerprint density at radius 3 is 2.19 bits per heavy atom. The fraction of sp³-hybridized carbons (Fsp3) is 0.333. The summed E-state index contributed by atoms with van der Waals surface area (Å²) in [7, 11) is 0. The van der Waals surface area contributed by atoms with Crippen LogP contribution in [0.5, 0.6) is 0 Å². The van der Waals surface area contributed by atoms with E-state index < -0.39 is 12.1 Å². The molecule has 16 heavy (non-hydrogen) atoms. The van der Waals surface area contributed by atoms with Gasteiger partial charge >= 0.3 is 6.03 Å². The Kier molecular flexibility index (Phi) is 2.42. The van der Waals surface area contributed by atoms with Crippen molar-refractivity contribution in [3.05, 3.63) is 34.4 Å². The third-order valence-corrected chi connectivity index (χ3v) is 2.97. The number of amides is 3. The van der Waals surface area contributed by atoms with Gasteiger partial charge in [0, 0.05) is 0 Å². The average molecular weight is 218 g/mol. The van der Waals surface area contributed by atoms with Crippen molar-refractivity contribution in [1.82, 2.24) is 10.6 Å². The molecule has 0 spiro atoms. The summed E-state index contributed by atoms with van der Waals surface area (Å²) in [5.74, 6) is -0.281. The van der Waals surface area contributed by atoms with Crippen molar-refractivity contribution in [2.75, 3.05) is 0 Å². The van der Waals surface area contributed by atoms with E-state index in [9.17, 15) is 9.59 Å². The van der Waals surface area contributed by atoms with E-state index in [-0.39, 0.29) is 5.91 Å². The summed E-state index contributed by atoms with van der Waals surface area (Å²) in [6, 6.07) is 3.02. The molecular weight excluding hydrogens is 204 g/mol. The van der Waals surface area contributed by atoms with Gasteiger partial charge in [-0.15, -0.1) is 0 Å². The third kappa shape index (κ3) is 1.66.